The van der Waals surface area contributed by atoms with Crippen molar-refractivity contribution in [1.29, 1.82) is 0 Å². The molecule has 1 N–H and O–H groups in total. The van der Waals surface area contributed by atoms with E-state index in [1.54, 1.807) is 6.08 Å². The van der Waals surface area contributed by atoms with Crippen LogP contribution in [0.3, 0.4) is 0 Å². The summed E-state index contributed by atoms with van der Waals surface area (Å²) in [6, 6.07) is 1.13. The minimum Gasteiger partial charge on any atom is -0.325 e. The molecule has 1 aromatic rings. The summed E-state index contributed by atoms with van der Waals surface area (Å²) in [5, 5.41) is 2.51. The molecule has 4 aliphatic rings. The van der Waals surface area contributed by atoms with Gasteiger partial charge in [0.05, 0.1) is 16.8 Å². The zero-order valence-electron chi connectivity index (χ0n) is 20.5. The van der Waals surface area contributed by atoms with Crippen LogP contribution in [0.25, 0.3) is 0 Å². The molecule has 0 saturated heterocycles. The van der Waals surface area contributed by atoms with Crippen molar-refractivity contribution in [2.24, 2.45) is 34.5 Å². The lowest BCUT2D eigenvalue weighted by atomic mass is 9.50. The normalized spacial score (nSPS) is 37.5. The zero-order valence-corrected chi connectivity index (χ0v) is 21.3. The molecule has 7 atom stereocenters. The van der Waals surface area contributed by atoms with Crippen LogP contribution < -0.4 is 5.32 Å². The number of amides is 1. The second-order valence-corrected chi connectivity index (χ2v) is 12.9. The molecule has 3 nitrogen and oxygen atoms in total. The van der Waals surface area contributed by atoms with Gasteiger partial charge in [-0.15, -0.1) is 0 Å². The molecule has 1 heterocycles. The third-order valence-corrected chi connectivity index (χ3v) is 11.0. The van der Waals surface area contributed by atoms with Crippen LogP contribution >= 0.6 is 11.8 Å². The fourth-order valence-electron chi connectivity index (χ4n) is 7.77. The van der Waals surface area contributed by atoms with Gasteiger partial charge in [-0.3, -0.25) is 9.59 Å². The number of allylic oxidation sites excluding steroid dienone is 1. The maximum Gasteiger partial charge on any atom is 0.418 e. The summed E-state index contributed by atoms with van der Waals surface area (Å²) in [5.41, 5.74) is -3.67. The van der Waals surface area contributed by atoms with Gasteiger partial charge in [-0.2, -0.15) is 26.3 Å². The first kappa shape index (κ1) is 26.6. The lowest BCUT2D eigenvalue weighted by molar-refractivity contribution is -0.141. The number of alkyl halides is 6. The molecular weight excluding hydrogens is 516 g/mol. The number of hydrogen-bond donors (Lipinski definition) is 1. The lowest BCUT2D eigenvalue weighted by Crippen LogP contribution is -2.52. The van der Waals surface area contributed by atoms with Gasteiger partial charge in [0.1, 0.15) is 0 Å². The first-order valence-electron chi connectivity index (χ1n) is 12.6. The van der Waals surface area contributed by atoms with Crippen molar-refractivity contribution in [2.45, 2.75) is 70.0 Å². The molecule has 1 aliphatic heterocycles. The van der Waals surface area contributed by atoms with Gasteiger partial charge in [-0.1, -0.05) is 31.7 Å². The molecule has 0 aromatic heterocycles. The van der Waals surface area contributed by atoms with Crippen LogP contribution in [0, 0.1) is 34.5 Å². The number of hydrogen-bond acceptors (Lipinski definition) is 3. The summed E-state index contributed by atoms with van der Waals surface area (Å²) in [5.74, 6) is -0.360. The number of carbonyl (C=O) groups is 2. The summed E-state index contributed by atoms with van der Waals surface area (Å²) in [6.07, 6.45) is -1.39. The van der Waals surface area contributed by atoms with Crippen molar-refractivity contribution in [2.75, 3.05) is 5.32 Å². The molecule has 0 spiro atoms. The van der Waals surface area contributed by atoms with Gasteiger partial charge < -0.3 is 5.32 Å². The quantitative estimate of drug-likeness (QED) is 0.387. The second kappa shape index (κ2) is 8.78. The second-order valence-electron chi connectivity index (χ2n) is 11.7. The predicted octanol–water partition coefficient (Wildman–Crippen LogP) is 7.72. The maximum absolute atomic E-state index is 13.5. The van der Waals surface area contributed by atoms with Crippen molar-refractivity contribution < 1.29 is 35.9 Å². The summed E-state index contributed by atoms with van der Waals surface area (Å²) in [4.78, 5) is 25.2. The van der Waals surface area contributed by atoms with Crippen molar-refractivity contribution in [3.8, 4) is 0 Å². The van der Waals surface area contributed by atoms with E-state index in [9.17, 15) is 35.9 Å². The average molecular weight is 546 g/mol. The Morgan fingerprint density at radius 2 is 1.76 bits per heavy atom. The third-order valence-electron chi connectivity index (χ3n) is 9.58. The van der Waals surface area contributed by atoms with Crippen LogP contribution in [0.2, 0.25) is 0 Å². The number of anilines is 1. The van der Waals surface area contributed by atoms with Gasteiger partial charge in [-0.25, -0.2) is 0 Å². The zero-order chi connectivity index (χ0) is 27.0. The Bertz CT molecular complexity index is 1150. The van der Waals surface area contributed by atoms with E-state index in [1.807, 2.05) is 0 Å². The van der Waals surface area contributed by atoms with E-state index in [0.29, 0.717) is 42.9 Å². The third kappa shape index (κ3) is 4.61. The van der Waals surface area contributed by atoms with Gasteiger partial charge in [0.25, 0.3) is 0 Å². The van der Waals surface area contributed by atoms with E-state index in [0.717, 1.165) is 25.7 Å². The summed E-state index contributed by atoms with van der Waals surface area (Å²) in [7, 11) is 0. The first-order valence-corrected chi connectivity index (χ1v) is 13.5. The summed E-state index contributed by atoms with van der Waals surface area (Å²) >= 11 is 1.40. The van der Waals surface area contributed by atoms with Crippen molar-refractivity contribution in [3.63, 3.8) is 0 Å². The van der Waals surface area contributed by atoms with E-state index in [-0.39, 0.29) is 27.1 Å². The highest BCUT2D eigenvalue weighted by Gasteiger charge is 2.59. The molecule has 3 aliphatic carbocycles. The highest BCUT2D eigenvalue weighted by atomic mass is 32.2. The fourth-order valence-corrected chi connectivity index (χ4v) is 8.95. The van der Waals surface area contributed by atoms with E-state index in [2.05, 4.69) is 25.2 Å². The minimum atomic E-state index is -4.91. The molecule has 10 heteroatoms. The van der Waals surface area contributed by atoms with Gasteiger partial charge in [-0.05, 0) is 86.0 Å². The molecule has 1 amide bonds. The van der Waals surface area contributed by atoms with Crippen LogP contribution in [0.4, 0.5) is 32.0 Å². The fraction of sp³-hybridized carbons (Fsp3) is 0.630. The minimum absolute atomic E-state index is 0.0759. The highest BCUT2D eigenvalue weighted by molar-refractivity contribution is 8.14. The van der Waals surface area contributed by atoms with Crippen molar-refractivity contribution in [3.05, 3.63) is 41.5 Å². The van der Waals surface area contributed by atoms with Crippen LogP contribution in [-0.4, -0.2) is 16.3 Å². The van der Waals surface area contributed by atoms with E-state index < -0.39 is 41.0 Å². The molecule has 3 saturated carbocycles. The maximum atomic E-state index is 13.5. The number of carbonyl (C=O) groups excluding carboxylic acids is 2. The number of halogens is 6. The SMILES string of the molecule is C[C@]12CC[C@@H]3[C@@H](CCC4SC(=O)C=C[C@@]43C)[C@@H]1CC(C(=O)Nc1cc(C(F)(F)F)ccc1C(F)(F)F)C2. The molecule has 0 bridgehead atoms. The molecule has 1 aromatic carbocycles. The van der Waals surface area contributed by atoms with Crippen LogP contribution in [0.1, 0.15) is 63.5 Å². The number of benzene rings is 1. The summed E-state index contributed by atoms with van der Waals surface area (Å²) < 4.78 is 80.2. The Hall–Kier alpha value is -1.97. The molecule has 2 unspecified atom stereocenters. The molecule has 0 radical (unpaired) electrons. The van der Waals surface area contributed by atoms with Gasteiger partial charge >= 0.3 is 12.4 Å². The Kier molecular flexibility index (Phi) is 6.32. The Labute approximate surface area is 215 Å². The number of thioether (sulfide) groups is 1. The van der Waals surface area contributed by atoms with Gasteiger partial charge in [0.15, 0.2) is 0 Å². The monoisotopic (exact) mass is 545 g/mol. The summed E-state index contributed by atoms with van der Waals surface area (Å²) in [6.45, 7) is 4.34. The number of fused-ring (bicyclic) bond motifs is 5. The molecule has 5 rings (SSSR count). The van der Waals surface area contributed by atoms with Gasteiger partial charge in [0, 0.05) is 16.6 Å². The van der Waals surface area contributed by atoms with Crippen molar-refractivity contribution in [1.82, 2.24) is 0 Å². The first-order chi connectivity index (χ1) is 17.1. The molecule has 37 heavy (non-hydrogen) atoms. The Morgan fingerprint density at radius 1 is 1.03 bits per heavy atom. The number of nitrogens with one attached hydrogen (secondary N) is 1. The standard InChI is InChI=1S/C27H29F6NO2S/c1-24-9-7-17-16(4-6-21-25(17,2)10-8-22(35)37-21)19(24)11-14(13-24)23(36)34-20-12-15(26(28,29)30)3-5-18(20)27(31,32)33/h3,5,8,10,12,14,16-17,19,21H,4,6-7,9,11,13H2,1-2H3,(H,34,36)/t14?,16-,17-,19+,21?,24-,25-/m1/s1. The topological polar surface area (TPSA) is 46.2 Å². The Balaban J connectivity index is 1.38. The average Bonchev–Trinajstić information content (AvgIpc) is 3.16. The van der Waals surface area contributed by atoms with Crippen molar-refractivity contribution >= 4 is 28.5 Å². The lowest BCUT2D eigenvalue weighted by Gasteiger charge is -2.57. The van der Waals surface area contributed by atoms with Crippen LogP contribution in [0.15, 0.2) is 30.4 Å². The van der Waals surface area contributed by atoms with E-state index in [4.69, 9.17) is 0 Å². The predicted molar refractivity (Wildman–Crippen MR) is 128 cm³/mol. The highest BCUT2D eigenvalue weighted by Crippen LogP contribution is 2.66. The molecular formula is C27H29F6NO2S. The smallest absolute Gasteiger partial charge is 0.325 e. The van der Waals surface area contributed by atoms with Gasteiger partial charge in [0.2, 0.25) is 11.0 Å². The molecule has 202 valence electrons. The van der Waals surface area contributed by atoms with Crippen LogP contribution in [0.5, 0.6) is 0 Å². The number of rotatable bonds is 2. The van der Waals surface area contributed by atoms with Crippen LogP contribution in [-0.2, 0) is 21.9 Å². The Morgan fingerprint density at radius 3 is 2.43 bits per heavy atom. The van der Waals surface area contributed by atoms with E-state index in [1.165, 1.54) is 11.8 Å². The largest absolute Gasteiger partial charge is 0.418 e. The van der Waals surface area contributed by atoms with E-state index >= 15 is 0 Å². The molecule has 3 fully saturated rings.